The van der Waals surface area contributed by atoms with E-state index in [1.54, 1.807) is 0 Å². The number of hydrogen-bond acceptors (Lipinski definition) is 3. The molecular formula is C5H9LiO3. The summed E-state index contributed by atoms with van der Waals surface area (Å²) < 4.78 is 4.33. The van der Waals surface area contributed by atoms with Crippen LogP contribution in [0.2, 0.25) is 0 Å². The second-order valence-corrected chi connectivity index (χ2v) is 1.10. The van der Waals surface area contributed by atoms with E-state index in [-0.39, 0.29) is 33.5 Å². The Bertz CT molecular complexity index is 96.9. The molecule has 0 aromatic heterocycles. The summed E-state index contributed by atoms with van der Waals surface area (Å²) in [5, 5.41) is 8.10. The van der Waals surface area contributed by atoms with E-state index < -0.39 is 5.97 Å². The number of carbonyl (C=O) groups is 1. The van der Waals surface area contributed by atoms with Crippen molar-refractivity contribution in [1.82, 2.24) is 0 Å². The van der Waals surface area contributed by atoms with Crippen molar-refractivity contribution in [2.75, 3.05) is 13.2 Å². The summed E-state index contributed by atoms with van der Waals surface area (Å²) in [7, 11) is 0. The minimum Gasteiger partial charge on any atom is -1.00 e. The molecule has 3 nitrogen and oxygen atoms in total. The van der Waals surface area contributed by atoms with E-state index in [2.05, 4.69) is 11.3 Å². The summed E-state index contributed by atoms with van der Waals surface area (Å²) in [6, 6.07) is 0. The van der Waals surface area contributed by atoms with Gasteiger partial charge in [0, 0.05) is 6.08 Å². The molecule has 0 rings (SSSR count). The molecule has 0 fully saturated rings. The second kappa shape index (κ2) is 7.77. The van der Waals surface area contributed by atoms with E-state index in [4.69, 9.17) is 5.11 Å². The third kappa shape index (κ3) is 7.77. The number of rotatable bonds is 3. The number of hydrogen-bond donors (Lipinski definition) is 1. The monoisotopic (exact) mass is 124 g/mol. The molecule has 1 N–H and O–H groups in total. The van der Waals surface area contributed by atoms with Gasteiger partial charge in [0.15, 0.2) is 0 Å². The molecule has 4 heteroatoms. The molecule has 9 heavy (non-hydrogen) atoms. The Morgan fingerprint density at radius 2 is 2.44 bits per heavy atom. The van der Waals surface area contributed by atoms with E-state index in [1.165, 1.54) is 0 Å². The SMILES string of the molecule is C=CC(=O)OCCO.[H-].[Li+]. The molecule has 0 spiro atoms. The van der Waals surface area contributed by atoms with Crippen LogP contribution in [-0.4, -0.2) is 24.3 Å². The van der Waals surface area contributed by atoms with Crippen molar-refractivity contribution >= 4 is 5.97 Å². The zero-order valence-electron chi connectivity index (χ0n) is 6.46. The predicted molar refractivity (Wildman–Crippen MR) is 29.4 cm³/mol. The van der Waals surface area contributed by atoms with E-state index >= 15 is 0 Å². The Morgan fingerprint density at radius 1 is 1.89 bits per heavy atom. The van der Waals surface area contributed by atoms with Gasteiger partial charge in [-0.3, -0.25) is 0 Å². The largest absolute Gasteiger partial charge is 1.00 e. The molecule has 0 aliphatic rings. The maximum absolute atomic E-state index is 10.1. The molecule has 0 aromatic rings. The Hall–Kier alpha value is -0.233. The van der Waals surface area contributed by atoms with Gasteiger partial charge in [-0.1, -0.05) is 6.58 Å². The molecule has 0 atom stereocenters. The topological polar surface area (TPSA) is 46.5 Å². The van der Waals surface area contributed by atoms with Crippen molar-refractivity contribution in [3.8, 4) is 0 Å². The van der Waals surface area contributed by atoms with Crippen molar-refractivity contribution in [1.29, 1.82) is 0 Å². The molecule has 0 heterocycles. The van der Waals surface area contributed by atoms with Crippen LogP contribution in [0, 0.1) is 0 Å². The second-order valence-electron chi connectivity index (χ2n) is 1.10. The van der Waals surface area contributed by atoms with Gasteiger partial charge in [-0.2, -0.15) is 0 Å². The molecule has 48 valence electrons. The molecule has 0 aliphatic carbocycles. The first-order chi connectivity index (χ1) is 3.81. The summed E-state index contributed by atoms with van der Waals surface area (Å²) in [5.41, 5.74) is 0. The Labute approximate surface area is 67.4 Å². The van der Waals surface area contributed by atoms with Crippen molar-refractivity contribution in [2.45, 2.75) is 0 Å². The fourth-order valence-electron chi connectivity index (χ4n) is 0.205. The van der Waals surface area contributed by atoms with E-state index in [1.807, 2.05) is 0 Å². The van der Waals surface area contributed by atoms with Crippen LogP contribution >= 0.6 is 0 Å². The third-order valence-corrected chi connectivity index (χ3v) is 0.502. The average Bonchev–Trinajstić information content (AvgIpc) is 1.83. The Morgan fingerprint density at radius 3 is 2.78 bits per heavy atom. The fourth-order valence-corrected chi connectivity index (χ4v) is 0.205. The van der Waals surface area contributed by atoms with Gasteiger partial charge < -0.3 is 11.3 Å². The zero-order valence-corrected chi connectivity index (χ0v) is 5.46. The molecule has 0 amide bonds. The van der Waals surface area contributed by atoms with Crippen LogP contribution in [0.3, 0.4) is 0 Å². The summed E-state index contributed by atoms with van der Waals surface area (Å²) in [6.07, 6.45) is 1.05. The maximum atomic E-state index is 10.1. The van der Waals surface area contributed by atoms with Crippen molar-refractivity contribution in [2.24, 2.45) is 0 Å². The number of carbonyl (C=O) groups excluding carboxylic acids is 1. The number of esters is 1. The zero-order chi connectivity index (χ0) is 6.41. The minimum absolute atomic E-state index is 0. The first kappa shape index (κ1) is 11.5. The van der Waals surface area contributed by atoms with Gasteiger partial charge in [-0.25, -0.2) is 4.79 Å². The predicted octanol–water partition coefficient (Wildman–Crippen LogP) is -3.18. The standard InChI is InChI=1S/C5H8O3.Li.H/c1-2-5(7)8-4-3-6;;/h2,6H,1,3-4H2;;/q;+1;-1. The molecule has 0 radical (unpaired) electrons. The molecule has 0 saturated carbocycles. The van der Waals surface area contributed by atoms with E-state index in [0.717, 1.165) is 6.08 Å². The van der Waals surface area contributed by atoms with Crippen LogP contribution in [0.1, 0.15) is 1.43 Å². The number of aliphatic hydroxyl groups is 1. The fraction of sp³-hybridized carbons (Fsp3) is 0.400. The first-order valence-electron chi connectivity index (χ1n) is 2.21. The van der Waals surface area contributed by atoms with Crippen LogP contribution < -0.4 is 18.9 Å². The van der Waals surface area contributed by atoms with Crippen LogP contribution in [0.4, 0.5) is 0 Å². The van der Waals surface area contributed by atoms with Crippen LogP contribution in [0.15, 0.2) is 12.7 Å². The van der Waals surface area contributed by atoms with Gasteiger partial charge in [0.25, 0.3) is 0 Å². The molecular weight excluding hydrogens is 115 g/mol. The molecule has 0 saturated heterocycles. The van der Waals surface area contributed by atoms with Crippen molar-refractivity contribution in [3.05, 3.63) is 12.7 Å². The normalized spacial score (nSPS) is 7.22. The van der Waals surface area contributed by atoms with Gasteiger partial charge in [-0.15, -0.1) is 0 Å². The third-order valence-electron chi connectivity index (χ3n) is 0.502. The van der Waals surface area contributed by atoms with Crippen molar-refractivity contribution < 1.29 is 34.9 Å². The van der Waals surface area contributed by atoms with Gasteiger partial charge in [0.05, 0.1) is 6.61 Å². The number of ether oxygens (including phenoxy) is 1. The van der Waals surface area contributed by atoms with Crippen LogP contribution in [0.5, 0.6) is 0 Å². The van der Waals surface area contributed by atoms with Gasteiger partial charge >= 0.3 is 24.8 Å². The molecule has 0 aliphatic heterocycles. The molecule has 0 unspecified atom stereocenters. The van der Waals surface area contributed by atoms with Crippen molar-refractivity contribution in [3.63, 3.8) is 0 Å². The van der Waals surface area contributed by atoms with Crippen LogP contribution in [-0.2, 0) is 9.53 Å². The van der Waals surface area contributed by atoms with Gasteiger partial charge in [-0.05, 0) is 0 Å². The quantitative estimate of drug-likeness (QED) is 0.245. The van der Waals surface area contributed by atoms with E-state index in [9.17, 15) is 4.79 Å². The Kier molecular flexibility index (Phi) is 9.97. The van der Waals surface area contributed by atoms with Gasteiger partial charge in [0.1, 0.15) is 6.61 Å². The maximum Gasteiger partial charge on any atom is 1.00 e. The summed E-state index contributed by atoms with van der Waals surface area (Å²) in [4.78, 5) is 10.1. The number of aliphatic hydroxyl groups excluding tert-OH is 1. The summed E-state index contributed by atoms with van der Waals surface area (Å²) in [6.45, 7) is 3.06. The minimum atomic E-state index is -0.501. The first-order valence-corrected chi connectivity index (χ1v) is 2.21. The molecule has 0 bridgehead atoms. The molecule has 0 aromatic carbocycles. The average molecular weight is 124 g/mol. The smallest absolute Gasteiger partial charge is 1.00 e. The summed E-state index contributed by atoms with van der Waals surface area (Å²) >= 11 is 0. The van der Waals surface area contributed by atoms with Crippen LogP contribution in [0.25, 0.3) is 0 Å². The summed E-state index contributed by atoms with van der Waals surface area (Å²) in [5.74, 6) is -0.501. The Balaban J connectivity index is -0.000000245. The van der Waals surface area contributed by atoms with Gasteiger partial charge in [0.2, 0.25) is 0 Å². The van der Waals surface area contributed by atoms with E-state index in [0.29, 0.717) is 0 Å².